The van der Waals surface area contributed by atoms with Gasteiger partial charge in [0.05, 0.1) is 6.61 Å². The number of unbranched alkanes of at least 4 members (excludes halogenated alkanes) is 1. The van der Waals surface area contributed by atoms with Crippen molar-refractivity contribution in [2.24, 2.45) is 0 Å². The van der Waals surface area contributed by atoms with Gasteiger partial charge in [0.25, 0.3) is 5.91 Å². The first-order valence-corrected chi connectivity index (χ1v) is 11.1. The van der Waals surface area contributed by atoms with Crippen LogP contribution < -0.4 is 10.1 Å². The van der Waals surface area contributed by atoms with E-state index in [-0.39, 0.29) is 5.91 Å². The number of halogens is 1. The lowest BCUT2D eigenvalue weighted by Crippen LogP contribution is -2.11. The molecule has 0 fully saturated rings. The quantitative estimate of drug-likeness (QED) is 0.258. The predicted molar refractivity (Wildman–Crippen MR) is 116 cm³/mol. The summed E-state index contributed by atoms with van der Waals surface area (Å²) in [6, 6.07) is 14.8. The van der Waals surface area contributed by atoms with E-state index in [0.717, 1.165) is 33.5 Å². The molecule has 146 valence electrons. The number of hydrogen-bond acceptors (Lipinski definition) is 6. The molecule has 0 unspecified atom stereocenters. The molecule has 0 bridgehead atoms. The average Bonchev–Trinajstić information content (AvgIpc) is 3.15. The van der Waals surface area contributed by atoms with Crippen molar-refractivity contribution in [2.75, 3.05) is 11.9 Å². The monoisotopic (exact) mass is 433 g/mol. The van der Waals surface area contributed by atoms with Gasteiger partial charge in [-0.25, -0.2) is 0 Å². The number of nitrogens with zero attached hydrogens (tertiary/aromatic N) is 2. The van der Waals surface area contributed by atoms with E-state index in [4.69, 9.17) is 16.3 Å². The Bertz CT molecular complexity index is 916. The zero-order valence-electron chi connectivity index (χ0n) is 15.4. The second kappa shape index (κ2) is 10.5. The summed E-state index contributed by atoms with van der Waals surface area (Å²) in [6.07, 6.45) is 2.09. The number of carbonyl (C=O) groups excluding carboxylic acids is 1. The predicted octanol–water partition coefficient (Wildman–Crippen LogP) is 5.92. The topological polar surface area (TPSA) is 64.1 Å². The number of benzene rings is 2. The Hall–Kier alpha value is -2.09. The van der Waals surface area contributed by atoms with Gasteiger partial charge in [0.2, 0.25) is 5.13 Å². The highest BCUT2D eigenvalue weighted by Gasteiger charge is 2.11. The number of rotatable bonds is 9. The van der Waals surface area contributed by atoms with Crippen molar-refractivity contribution in [1.29, 1.82) is 0 Å². The van der Waals surface area contributed by atoms with Crippen molar-refractivity contribution in [2.45, 2.75) is 29.9 Å². The fourth-order valence-electron chi connectivity index (χ4n) is 2.28. The SMILES string of the molecule is CCCCOc1ccc(C(=O)Nc2nnc(SCc3ccccc3Cl)s2)cc1. The lowest BCUT2D eigenvalue weighted by atomic mass is 10.2. The van der Waals surface area contributed by atoms with E-state index in [0.29, 0.717) is 23.1 Å². The summed E-state index contributed by atoms with van der Waals surface area (Å²) >= 11 is 9.04. The third-order valence-electron chi connectivity index (χ3n) is 3.82. The Kier molecular flexibility index (Phi) is 7.71. The summed E-state index contributed by atoms with van der Waals surface area (Å²) in [4.78, 5) is 12.4. The fraction of sp³-hybridized carbons (Fsp3) is 0.250. The maximum absolute atomic E-state index is 12.4. The third-order valence-corrected chi connectivity index (χ3v) is 6.21. The molecule has 0 saturated carbocycles. The minimum atomic E-state index is -0.223. The van der Waals surface area contributed by atoms with Crippen LogP contribution in [-0.4, -0.2) is 22.7 Å². The Morgan fingerprint density at radius 3 is 2.71 bits per heavy atom. The Balaban J connectivity index is 1.52. The van der Waals surface area contributed by atoms with Gasteiger partial charge in [-0.3, -0.25) is 10.1 Å². The van der Waals surface area contributed by atoms with E-state index in [9.17, 15) is 4.79 Å². The molecular formula is C20H20ClN3O2S2. The molecule has 5 nitrogen and oxygen atoms in total. The highest BCUT2D eigenvalue weighted by atomic mass is 35.5. The van der Waals surface area contributed by atoms with Crippen LogP contribution >= 0.6 is 34.7 Å². The number of aromatic nitrogens is 2. The van der Waals surface area contributed by atoms with Crippen LogP contribution in [-0.2, 0) is 5.75 Å². The summed E-state index contributed by atoms with van der Waals surface area (Å²) in [7, 11) is 0. The molecular weight excluding hydrogens is 414 g/mol. The van der Waals surface area contributed by atoms with Gasteiger partial charge in [-0.2, -0.15) is 0 Å². The van der Waals surface area contributed by atoms with Crippen LogP contribution in [0.25, 0.3) is 0 Å². The second-order valence-electron chi connectivity index (χ2n) is 5.93. The molecule has 3 rings (SSSR count). The summed E-state index contributed by atoms with van der Waals surface area (Å²) in [5, 5.41) is 12.1. The Morgan fingerprint density at radius 2 is 1.96 bits per heavy atom. The van der Waals surface area contributed by atoms with Crippen LogP contribution in [0.4, 0.5) is 5.13 Å². The van der Waals surface area contributed by atoms with Crippen LogP contribution in [0.1, 0.15) is 35.7 Å². The number of amides is 1. The molecule has 1 N–H and O–H groups in total. The maximum atomic E-state index is 12.4. The number of thioether (sulfide) groups is 1. The van der Waals surface area contributed by atoms with Gasteiger partial charge in [0.15, 0.2) is 4.34 Å². The molecule has 0 radical (unpaired) electrons. The molecule has 28 heavy (non-hydrogen) atoms. The van der Waals surface area contributed by atoms with E-state index >= 15 is 0 Å². The van der Waals surface area contributed by atoms with Crippen molar-refractivity contribution >= 4 is 45.7 Å². The first kappa shape index (κ1) is 20.6. The summed E-state index contributed by atoms with van der Waals surface area (Å²) in [6.45, 7) is 2.80. The van der Waals surface area contributed by atoms with E-state index in [1.165, 1.54) is 23.1 Å². The number of hydrogen-bond donors (Lipinski definition) is 1. The molecule has 8 heteroatoms. The van der Waals surface area contributed by atoms with Gasteiger partial charge in [0, 0.05) is 16.3 Å². The number of anilines is 1. The largest absolute Gasteiger partial charge is 0.494 e. The van der Waals surface area contributed by atoms with Gasteiger partial charge in [-0.1, -0.05) is 66.2 Å². The standard InChI is InChI=1S/C20H20ClN3O2S2/c1-2-3-12-26-16-10-8-14(9-11-16)18(25)22-19-23-24-20(28-19)27-13-15-6-4-5-7-17(15)21/h4-11H,2-3,12-13H2,1H3,(H,22,23,25). The van der Waals surface area contributed by atoms with Gasteiger partial charge in [-0.05, 0) is 42.3 Å². The van der Waals surface area contributed by atoms with Gasteiger partial charge >= 0.3 is 0 Å². The third kappa shape index (κ3) is 5.95. The Labute approximate surface area is 177 Å². The molecule has 0 spiro atoms. The molecule has 1 heterocycles. The molecule has 0 aliphatic carbocycles. The van der Waals surface area contributed by atoms with Crippen LogP contribution in [0.2, 0.25) is 5.02 Å². The minimum Gasteiger partial charge on any atom is -0.494 e. The van der Waals surface area contributed by atoms with E-state index in [1.807, 2.05) is 24.3 Å². The van der Waals surface area contributed by atoms with Crippen molar-refractivity contribution < 1.29 is 9.53 Å². The normalized spacial score (nSPS) is 10.6. The van der Waals surface area contributed by atoms with Crippen LogP contribution in [0.5, 0.6) is 5.75 Å². The van der Waals surface area contributed by atoms with E-state index in [2.05, 4.69) is 22.4 Å². The minimum absolute atomic E-state index is 0.223. The zero-order valence-corrected chi connectivity index (χ0v) is 17.7. The summed E-state index contributed by atoms with van der Waals surface area (Å²) in [5.41, 5.74) is 1.58. The summed E-state index contributed by atoms with van der Waals surface area (Å²) in [5.74, 6) is 1.24. The highest BCUT2D eigenvalue weighted by Crippen LogP contribution is 2.30. The zero-order chi connectivity index (χ0) is 19.8. The number of nitrogens with one attached hydrogen (secondary N) is 1. The Morgan fingerprint density at radius 1 is 1.18 bits per heavy atom. The van der Waals surface area contributed by atoms with Crippen LogP contribution in [0, 0.1) is 0 Å². The second-order valence-corrected chi connectivity index (χ2v) is 8.54. The van der Waals surface area contributed by atoms with Crippen molar-refractivity contribution in [1.82, 2.24) is 10.2 Å². The molecule has 1 aromatic heterocycles. The smallest absolute Gasteiger partial charge is 0.257 e. The molecule has 0 atom stereocenters. The molecule has 3 aromatic rings. The number of carbonyl (C=O) groups is 1. The summed E-state index contributed by atoms with van der Waals surface area (Å²) < 4.78 is 6.38. The first-order chi connectivity index (χ1) is 13.7. The lowest BCUT2D eigenvalue weighted by Gasteiger charge is -2.06. The average molecular weight is 434 g/mol. The van der Waals surface area contributed by atoms with Crippen molar-refractivity contribution in [3.63, 3.8) is 0 Å². The highest BCUT2D eigenvalue weighted by molar-refractivity contribution is 8.00. The molecule has 1 amide bonds. The van der Waals surface area contributed by atoms with Gasteiger partial charge < -0.3 is 4.74 Å². The van der Waals surface area contributed by atoms with Crippen LogP contribution in [0.3, 0.4) is 0 Å². The first-order valence-electron chi connectivity index (χ1n) is 8.89. The lowest BCUT2D eigenvalue weighted by molar-refractivity contribution is 0.102. The van der Waals surface area contributed by atoms with Crippen molar-refractivity contribution in [3.05, 3.63) is 64.7 Å². The molecule has 0 aliphatic rings. The van der Waals surface area contributed by atoms with Gasteiger partial charge in [-0.15, -0.1) is 10.2 Å². The van der Waals surface area contributed by atoms with Crippen molar-refractivity contribution in [3.8, 4) is 5.75 Å². The molecule has 0 saturated heterocycles. The maximum Gasteiger partial charge on any atom is 0.257 e. The van der Waals surface area contributed by atoms with Gasteiger partial charge in [0.1, 0.15) is 5.75 Å². The number of ether oxygens (including phenoxy) is 1. The van der Waals surface area contributed by atoms with E-state index in [1.54, 1.807) is 24.3 Å². The fourth-order valence-corrected chi connectivity index (χ4v) is 4.31. The molecule has 0 aliphatic heterocycles. The van der Waals surface area contributed by atoms with E-state index < -0.39 is 0 Å². The molecule has 2 aromatic carbocycles. The van der Waals surface area contributed by atoms with Crippen LogP contribution in [0.15, 0.2) is 52.9 Å².